The van der Waals surface area contributed by atoms with E-state index >= 15 is 0 Å². The molecule has 160 valence electrons. The van der Waals surface area contributed by atoms with Gasteiger partial charge in [-0.2, -0.15) is 5.10 Å². The van der Waals surface area contributed by atoms with Crippen LogP contribution in [0.25, 0.3) is 6.08 Å². The van der Waals surface area contributed by atoms with Crippen LogP contribution in [0, 0.1) is 0 Å². The number of carbonyl (C=O) groups is 2. The summed E-state index contributed by atoms with van der Waals surface area (Å²) >= 11 is 0. The Morgan fingerprint density at radius 1 is 1.10 bits per heavy atom. The molecule has 31 heavy (non-hydrogen) atoms. The second kappa shape index (κ2) is 10.6. The zero-order chi connectivity index (χ0) is 22.1. The first-order chi connectivity index (χ1) is 15.1. The molecule has 2 amide bonds. The number of methoxy groups -OCH3 is 1. The van der Waals surface area contributed by atoms with Crippen LogP contribution < -0.4 is 20.3 Å². The van der Waals surface area contributed by atoms with E-state index in [-0.39, 0.29) is 0 Å². The van der Waals surface area contributed by atoms with E-state index < -0.39 is 11.8 Å². The molecule has 0 saturated carbocycles. The highest BCUT2D eigenvalue weighted by atomic mass is 16.5. The molecule has 3 rings (SSSR count). The molecule has 0 spiro atoms. The van der Waals surface area contributed by atoms with E-state index in [1.807, 2.05) is 43.5 Å². The molecule has 2 aromatic carbocycles. The lowest BCUT2D eigenvalue weighted by atomic mass is 10.2. The second-order valence-corrected chi connectivity index (χ2v) is 6.53. The van der Waals surface area contributed by atoms with Crippen molar-refractivity contribution in [3.05, 3.63) is 83.7 Å². The van der Waals surface area contributed by atoms with E-state index in [9.17, 15) is 9.59 Å². The minimum absolute atomic E-state index is 0.326. The maximum absolute atomic E-state index is 12.3. The molecule has 0 bridgehead atoms. The summed E-state index contributed by atoms with van der Waals surface area (Å²) in [6.45, 7) is 2.98. The van der Waals surface area contributed by atoms with Crippen molar-refractivity contribution < 1.29 is 19.1 Å². The Morgan fingerprint density at radius 3 is 2.65 bits per heavy atom. The van der Waals surface area contributed by atoms with Crippen molar-refractivity contribution in [1.82, 2.24) is 20.6 Å². The number of carbonyl (C=O) groups excluding carboxylic acids is 2. The zero-order valence-corrected chi connectivity index (χ0v) is 17.4. The fourth-order valence-electron chi connectivity index (χ4n) is 2.81. The van der Waals surface area contributed by atoms with Crippen LogP contribution in [0.2, 0.25) is 0 Å². The Kier molecular flexibility index (Phi) is 7.42. The van der Waals surface area contributed by atoms with Crippen LogP contribution in [-0.4, -0.2) is 35.3 Å². The highest BCUT2D eigenvalue weighted by Gasteiger charge is 2.11. The molecule has 0 radical (unpaired) electrons. The molecule has 8 heteroatoms. The van der Waals surface area contributed by atoms with Gasteiger partial charge in [0.15, 0.2) is 11.5 Å². The van der Waals surface area contributed by atoms with Crippen LogP contribution in [0.4, 0.5) is 0 Å². The van der Waals surface area contributed by atoms with Gasteiger partial charge in [-0.05, 0) is 36.8 Å². The minimum atomic E-state index is -0.473. The summed E-state index contributed by atoms with van der Waals surface area (Å²) < 4.78 is 12.4. The molecule has 0 aliphatic carbocycles. The summed E-state index contributed by atoms with van der Waals surface area (Å²) in [4.78, 5) is 24.3. The highest BCUT2D eigenvalue weighted by Crippen LogP contribution is 2.27. The Bertz CT molecular complexity index is 1060. The number of hydrogen-bond donors (Lipinski definition) is 2. The van der Waals surface area contributed by atoms with Gasteiger partial charge in [0.1, 0.15) is 0 Å². The van der Waals surface area contributed by atoms with Gasteiger partial charge in [0, 0.05) is 23.4 Å². The van der Waals surface area contributed by atoms with Crippen molar-refractivity contribution in [2.75, 3.05) is 13.7 Å². The molecule has 3 aromatic rings. The number of nitrogens with one attached hydrogen (secondary N) is 2. The summed E-state index contributed by atoms with van der Waals surface area (Å²) in [5.74, 6) is 0.0374. The first-order valence-corrected chi connectivity index (χ1v) is 9.74. The number of nitrogens with zero attached hydrogens (tertiary/aromatic N) is 2. The molecule has 0 aliphatic heterocycles. The van der Waals surface area contributed by atoms with E-state index in [0.29, 0.717) is 30.2 Å². The van der Waals surface area contributed by atoms with Gasteiger partial charge in [-0.1, -0.05) is 30.3 Å². The standard InChI is InChI=1S/C23H24N4O4/c1-3-31-20-11-10-19(13-21(20)30-2)23(29)26-25-22(28)12-9-18-14-24-27(16-18)15-17-7-5-4-6-8-17/h4-14,16H,3,15H2,1-2H3,(H,25,28)(H,26,29)/b12-9+. The molecular formula is C23H24N4O4. The second-order valence-electron chi connectivity index (χ2n) is 6.53. The molecule has 2 N–H and O–H groups in total. The molecule has 0 aliphatic rings. The van der Waals surface area contributed by atoms with Gasteiger partial charge >= 0.3 is 0 Å². The monoisotopic (exact) mass is 420 g/mol. The normalized spacial score (nSPS) is 10.6. The van der Waals surface area contributed by atoms with Crippen molar-refractivity contribution in [1.29, 1.82) is 0 Å². The average molecular weight is 420 g/mol. The first kappa shape index (κ1) is 21.6. The summed E-state index contributed by atoms with van der Waals surface area (Å²) in [7, 11) is 1.49. The first-order valence-electron chi connectivity index (χ1n) is 9.74. The molecule has 0 unspecified atom stereocenters. The number of hydrazine groups is 1. The van der Waals surface area contributed by atoms with Gasteiger partial charge in [-0.3, -0.25) is 25.1 Å². The van der Waals surface area contributed by atoms with Gasteiger partial charge in [0.05, 0.1) is 26.5 Å². The number of aromatic nitrogens is 2. The Morgan fingerprint density at radius 2 is 1.90 bits per heavy atom. The van der Waals surface area contributed by atoms with E-state index in [1.54, 1.807) is 35.2 Å². The third-order valence-electron chi connectivity index (χ3n) is 4.29. The van der Waals surface area contributed by atoms with Crippen LogP contribution in [0.15, 0.2) is 67.0 Å². The predicted octanol–water partition coefficient (Wildman–Crippen LogP) is 2.81. The third kappa shape index (κ3) is 6.20. The number of hydrogen-bond acceptors (Lipinski definition) is 5. The summed E-state index contributed by atoms with van der Waals surface area (Å²) in [5, 5.41) is 4.28. The summed E-state index contributed by atoms with van der Waals surface area (Å²) in [6.07, 6.45) is 6.44. The fraction of sp³-hybridized carbons (Fsp3) is 0.174. The van der Waals surface area contributed by atoms with Gasteiger partial charge in [-0.25, -0.2) is 0 Å². The molecule has 0 fully saturated rings. The van der Waals surface area contributed by atoms with Gasteiger partial charge < -0.3 is 9.47 Å². The molecule has 0 saturated heterocycles. The molecule has 1 heterocycles. The Balaban J connectivity index is 1.52. The third-order valence-corrected chi connectivity index (χ3v) is 4.29. The minimum Gasteiger partial charge on any atom is -0.493 e. The topological polar surface area (TPSA) is 94.5 Å². The molecular weight excluding hydrogens is 396 g/mol. The smallest absolute Gasteiger partial charge is 0.269 e. The molecule has 1 aromatic heterocycles. The number of amides is 2. The largest absolute Gasteiger partial charge is 0.493 e. The van der Waals surface area contributed by atoms with Crippen molar-refractivity contribution in [2.24, 2.45) is 0 Å². The zero-order valence-electron chi connectivity index (χ0n) is 17.4. The van der Waals surface area contributed by atoms with Crippen LogP contribution in [-0.2, 0) is 11.3 Å². The van der Waals surface area contributed by atoms with E-state index in [4.69, 9.17) is 9.47 Å². The lowest BCUT2D eigenvalue weighted by Crippen LogP contribution is -2.40. The maximum Gasteiger partial charge on any atom is 0.269 e. The van der Waals surface area contributed by atoms with Gasteiger partial charge in [-0.15, -0.1) is 0 Å². The van der Waals surface area contributed by atoms with Crippen molar-refractivity contribution in [3.8, 4) is 11.5 Å². The van der Waals surface area contributed by atoms with Crippen molar-refractivity contribution in [3.63, 3.8) is 0 Å². The molecule has 0 atom stereocenters. The van der Waals surface area contributed by atoms with E-state index in [0.717, 1.165) is 11.1 Å². The van der Waals surface area contributed by atoms with Crippen LogP contribution in [0.3, 0.4) is 0 Å². The summed E-state index contributed by atoms with van der Waals surface area (Å²) in [6, 6.07) is 14.7. The fourth-order valence-corrected chi connectivity index (χ4v) is 2.81. The van der Waals surface area contributed by atoms with Gasteiger partial charge in [0.25, 0.3) is 11.8 Å². The maximum atomic E-state index is 12.3. The van der Waals surface area contributed by atoms with E-state index in [1.165, 1.54) is 13.2 Å². The Hall–Kier alpha value is -4.07. The van der Waals surface area contributed by atoms with E-state index in [2.05, 4.69) is 16.0 Å². The van der Waals surface area contributed by atoms with Crippen molar-refractivity contribution >= 4 is 17.9 Å². The quantitative estimate of drug-likeness (QED) is 0.432. The SMILES string of the molecule is CCOc1ccc(C(=O)NNC(=O)/C=C/c2cnn(Cc3ccccc3)c2)cc1OC. The number of rotatable bonds is 8. The lowest BCUT2D eigenvalue weighted by Gasteiger charge is -2.11. The van der Waals surface area contributed by atoms with Crippen LogP contribution >= 0.6 is 0 Å². The van der Waals surface area contributed by atoms with Gasteiger partial charge in [0.2, 0.25) is 0 Å². The number of ether oxygens (including phenoxy) is 2. The Labute approximate surface area is 180 Å². The average Bonchev–Trinajstić information content (AvgIpc) is 3.24. The lowest BCUT2D eigenvalue weighted by molar-refractivity contribution is -0.117. The predicted molar refractivity (Wildman–Crippen MR) is 117 cm³/mol. The highest BCUT2D eigenvalue weighted by molar-refractivity contribution is 5.98. The van der Waals surface area contributed by atoms with Crippen molar-refractivity contribution in [2.45, 2.75) is 13.5 Å². The van der Waals surface area contributed by atoms with Crippen LogP contribution in [0.1, 0.15) is 28.4 Å². The molecule has 8 nitrogen and oxygen atoms in total. The van der Waals surface area contributed by atoms with Crippen LogP contribution in [0.5, 0.6) is 11.5 Å². The summed E-state index contributed by atoms with van der Waals surface area (Å²) in [5.41, 5.74) is 6.95. The number of benzene rings is 2.